The predicted octanol–water partition coefficient (Wildman–Crippen LogP) is 1.86. The second-order valence-electron chi connectivity index (χ2n) is 5.32. The maximum absolute atomic E-state index is 10.8. The summed E-state index contributed by atoms with van der Waals surface area (Å²) in [5.41, 5.74) is 6.27. The fourth-order valence-electron chi connectivity index (χ4n) is 2.87. The lowest BCUT2D eigenvalue weighted by molar-refractivity contribution is -0.0581. The predicted molar refractivity (Wildman–Crippen MR) is 74.1 cm³/mol. The Morgan fingerprint density at radius 3 is 2.75 bits per heavy atom. The third kappa shape index (κ3) is 2.24. The smallest absolute Gasteiger partial charge is 0.231 e. The van der Waals surface area contributed by atoms with Crippen molar-refractivity contribution in [3.63, 3.8) is 0 Å². The molecule has 0 aromatic heterocycles. The first kappa shape index (κ1) is 13.9. The quantitative estimate of drug-likeness (QED) is 0.891. The van der Waals surface area contributed by atoms with Crippen LogP contribution in [0.15, 0.2) is 12.1 Å². The lowest BCUT2D eigenvalue weighted by Gasteiger charge is -2.40. The van der Waals surface area contributed by atoms with Crippen molar-refractivity contribution in [3.8, 4) is 11.5 Å². The number of rotatable bonds is 3. The number of aliphatic hydroxyl groups is 1. The maximum atomic E-state index is 10.8. The molecule has 0 aliphatic carbocycles. The number of ether oxygens (including phenoxy) is 3. The van der Waals surface area contributed by atoms with Crippen LogP contribution in [-0.2, 0) is 4.74 Å². The molecule has 1 aromatic carbocycles. The Kier molecular flexibility index (Phi) is 3.77. The summed E-state index contributed by atoms with van der Waals surface area (Å²) in [5, 5.41) is 11.2. The minimum atomic E-state index is -0.691. The van der Waals surface area contributed by atoms with Crippen LogP contribution in [0.25, 0.3) is 0 Å². The van der Waals surface area contributed by atoms with E-state index in [0.717, 1.165) is 12.8 Å². The van der Waals surface area contributed by atoms with Gasteiger partial charge in [0.1, 0.15) is 0 Å². The molecule has 6 heteroatoms. The van der Waals surface area contributed by atoms with E-state index in [1.54, 1.807) is 12.1 Å². The van der Waals surface area contributed by atoms with Gasteiger partial charge in [-0.25, -0.2) is 0 Å². The third-order valence-electron chi connectivity index (χ3n) is 4.24. The van der Waals surface area contributed by atoms with Crippen LogP contribution < -0.4 is 15.2 Å². The molecule has 3 rings (SSSR count). The van der Waals surface area contributed by atoms with Gasteiger partial charge >= 0.3 is 0 Å². The van der Waals surface area contributed by atoms with E-state index in [1.807, 2.05) is 0 Å². The summed E-state index contributed by atoms with van der Waals surface area (Å²) in [4.78, 5) is 0. The summed E-state index contributed by atoms with van der Waals surface area (Å²) in [6, 6.07) is 3.51. The second kappa shape index (κ2) is 5.41. The second-order valence-corrected chi connectivity index (χ2v) is 5.73. The lowest BCUT2D eigenvalue weighted by Crippen LogP contribution is -2.41. The first-order valence-electron chi connectivity index (χ1n) is 6.71. The zero-order chi connectivity index (χ0) is 14.2. The number of hydrogen-bond acceptors (Lipinski definition) is 5. The molecule has 0 bridgehead atoms. The Morgan fingerprint density at radius 1 is 1.30 bits per heavy atom. The minimum absolute atomic E-state index is 0.157. The minimum Gasteiger partial charge on any atom is -0.454 e. The van der Waals surface area contributed by atoms with E-state index in [1.165, 1.54) is 0 Å². The van der Waals surface area contributed by atoms with Gasteiger partial charge in [0.25, 0.3) is 0 Å². The average Bonchev–Trinajstić information content (AvgIpc) is 2.96. The molecule has 110 valence electrons. The summed E-state index contributed by atoms with van der Waals surface area (Å²) >= 11 is 6.17. The number of nitrogens with two attached hydrogens (primary N) is 1. The highest BCUT2D eigenvalue weighted by molar-refractivity contribution is 6.32. The Balaban J connectivity index is 1.93. The summed E-state index contributed by atoms with van der Waals surface area (Å²) in [6.45, 7) is 1.80. The van der Waals surface area contributed by atoms with Crippen LogP contribution in [0, 0.1) is 5.41 Å². The van der Waals surface area contributed by atoms with Crippen molar-refractivity contribution in [1.29, 1.82) is 0 Å². The zero-order valence-corrected chi connectivity index (χ0v) is 11.9. The van der Waals surface area contributed by atoms with Gasteiger partial charge in [-0.3, -0.25) is 0 Å². The van der Waals surface area contributed by atoms with E-state index in [-0.39, 0.29) is 12.2 Å². The van der Waals surface area contributed by atoms with Crippen molar-refractivity contribution in [2.24, 2.45) is 11.1 Å². The van der Waals surface area contributed by atoms with Crippen molar-refractivity contribution in [3.05, 3.63) is 22.7 Å². The van der Waals surface area contributed by atoms with Crippen LogP contribution in [0.1, 0.15) is 24.5 Å². The van der Waals surface area contributed by atoms with E-state index >= 15 is 0 Å². The van der Waals surface area contributed by atoms with Crippen LogP contribution in [0.2, 0.25) is 5.02 Å². The Hall–Kier alpha value is -1.01. The summed E-state index contributed by atoms with van der Waals surface area (Å²) in [5.74, 6) is 1.11. The van der Waals surface area contributed by atoms with E-state index in [9.17, 15) is 5.11 Å². The molecule has 3 N–H and O–H groups in total. The average molecular weight is 300 g/mol. The Labute approximate surface area is 122 Å². The Morgan fingerprint density at radius 2 is 2.05 bits per heavy atom. The largest absolute Gasteiger partial charge is 0.454 e. The summed E-state index contributed by atoms with van der Waals surface area (Å²) in [7, 11) is 0. The van der Waals surface area contributed by atoms with Gasteiger partial charge in [-0.05, 0) is 30.5 Å². The maximum Gasteiger partial charge on any atom is 0.231 e. The number of fused-ring (bicyclic) bond motifs is 1. The molecular formula is C14H18ClNO4. The van der Waals surface area contributed by atoms with E-state index < -0.39 is 6.10 Å². The topological polar surface area (TPSA) is 73.9 Å². The van der Waals surface area contributed by atoms with Crippen LogP contribution in [0.5, 0.6) is 11.5 Å². The van der Waals surface area contributed by atoms with Gasteiger partial charge in [0.05, 0.1) is 11.1 Å². The summed E-state index contributed by atoms with van der Waals surface area (Å²) < 4.78 is 16.0. The first-order valence-corrected chi connectivity index (χ1v) is 7.09. The molecule has 5 nitrogen and oxygen atoms in total. The molecule has 0 amide bonds. The molecule has 0 spiro atoms. The third-order valence-corrected chi connectivity index (χ3v) is 4.52. The monoisotopic (exact) mass is 299 g/mol. The number of aliphatic hydroxyl groups excluding tert-OH is 1. The molecule has 1 unspecified atom stereocenters. The van der Waals surface area contributed by atoms with E-state index in [4.69, 9.17) is 31.5 Å². The molecule has 1 saturated heterocycles. The molecule has 1 aromatic rings. The van der Waals surface area contributed by atoms with Gasteiger partial charge in [0.15, 0.2) is 11.5 Å². The van der Waals surface area contributed by atoms with Gasteiger partial charge in [-0.1, -0.05) is 11.6 Å². The molecule has 2 heterocycles. The highest BCUT2D eigenvalue weighted by atomic mass is 35.5. The highest BCUT2D eigenvalue weighted by Gasteiger charge is 2.40. The van der Waals surface area contributed by atoms with Gasteiger partial charge in [0.2, 0.25) is 6.79 Å². The van der Waals surface area contributed by atoms with Crippen LogP contribution >= 0.6 is 11.6 Å². The van der Waals surface area contributed by atoms with Crippen LogP contribution in [-0.4, -0.2) is 31.7 Å². The van der Waals surface area contributed by atoms with Gasteiger partial charge in [-0.15, -0.1) is 0 Å². The number of hydrogen-bond donors (Lipinski definition) is 2. The van der Waals surface area contributed by atoms with Gasteiger partial charge in [-0.2, -0.15) is 0 Å². The van der Waals surface area contributed by atoms with Gasteiger partial charge in [0, 0.05) is 25.2 Å². The van der Waals surface area contributed by atoms with E-state index in [2.05, 4.69) is 0 Å². The molecule has 1 atom stereocenters. The standard InChI is InChI=1S/C14H18ClNO4/c15-10-5-9(6-11-12(10)20-8-19-11)13(17)14(7-16)1-3-18-4-2-14/h5-6,13,17H,1-4,7-8,16H2. The zero-order valence-electron chi connectivity index (χ0n) is 11.1. The fourth-order valence-corrected chi connectivity index (χ4v) is 3.14. The van der Waals surface area contributed by atoms with Crippen molar-refractivity contribution in [1.82, 2.24) is 0 Å². The van der Waals surface area contributed by atoms with Crippen molar-refractivity contribution in [2.75, 3.05) is 26.6 Å². The normalized spacial score (nSPS) is 21.8. The Bertz CT molecular complexity index is 502. The highest BCUT2D eigenvalue weighted by Crippen LogP contribution is 2.46. The van der Waals surface area contributed by atoms with Gasteiger partial charge < -0.3 is 25.1 Å². The fraction of sp³-hybridized carbons (Fsp3) is 0.571. The van der Waals surface area contributed by atoms with Crippen molar-refractivity contribution >= 4 is 11.6 Å². The van der Waals surface area contributed by atoms with Crippen LogP contribution in [0.4, 0.5) is 0 Å². The molecule has 2 aliphatic rings. The number of benzene rings is 1. The molecule has 2 aliphatic heterocycles. The number of halogens is 1. The molecular weight excluding hydrogens is 282 g/mol. The SMILES string of the molecule is NCC1(C(O)c2cc(Cl)c3c(c2)OCO3)CCOCC1. The lowest BCUT2D eigenvalue weighted by atomic mass is 9.73. The van der Waals surface area contributed by atoms with E-state index in [0.29, 0.717) is 41.8 Å². The van der Waals surface area contributed by atoms with Crippen molar-refractivity contribution in [2.45, 2.75) is 18.9 Å². The molecule has 20 heavy (non-hydrogen) atoms. The first-order chi connectivity index (χ1) is 9.66. The molecule has 0 radical (unpaired) electrons. The summed E-state index contributed by atoms with van der Waals surface area (Å²) in [6.07, 6.45) is 0.774. The molecule has 0 saturated carbocycles. The van der Waals surface area contributed by atoms with Crippen LogP contribution in [0.3, 0.4) is 0 Å². The molecule has 1 fully saturated rings. The van der Waals surface area contributed by atoms with Crippen molar-refractivity contribution < 1.29 is 19.3 Å².